The fourth-order valence-electron chi connectivity index (χ4n) is 2.96. The minimum Gasteiger partial charge on any atom is -0.426 e. The molecule has 2 bridgehead atoms. The first-order chi connectivity index (χ1) is 11.1. The van der Waals surface area contributed by atoms with Gasteiger partial charge in [0.25, 0.3) is 0 Å². The number of benzene rings is 1. The number of carbonyl (C=O) groups is 2. The molecule has 1 saturated carbocycles. The molecule has 3 rings (SSSR count). The molecule has 3 nitrogen and oxygen atoms in total. The molecule has 24 heavy (non-hydrogen) atoms. The van der Waals surface area contributed by atoms with Gasteiger partial charge >= 0.3 is 5.97 Å². The molecule has 0 saturated heterocycles. The lowest BCUT2D eigenvalue weighted by Crippen LogP contribution is -2.46. The highest BCUT2D eigenvalue weighted by Crippen LogP contribution is 2.74. The Labute approximate surface area is 167 Å². The third kappa shape index (κ3) is 2.26. The van der Waals surface area contributed by atoms with Crippen LogP contribution in [0.5, 0.6) is 5.75 Å². The van der Waals surface area contributed by atoms with E-state index in [0.29, 0.717) is 11.8 Å². The first-order valence-corrected chi connectivity index (χ1v) is 8.95. The molecule has 0 heterocycles. The van der Waals surface area contributed by atoms with Crippen LogP contribution >= 0.6 is 69.6 Å². The molecule has 3 atom stereocenters. The van der Waals surface area contributed by atoms with Gasteiger partial charge in [-0.2, -0.15) is 0 Å². The van der Waals surface area contributed by atoms with Gasteiger partial charge in [-0.05, 0) is 30.7 Å². The Morgan fingerprint density at radius 1 is 1.08 bits per heavy atom. The van der Waals surface area contributed by atoms with Crippen molar-refractivity contribution in [3.63, 3.8) is 0 Å². The molecular weight excluding hydrogens is 441 g/mol. The smallest absolute Gasteiger partial charge is 0.316 e. The molecule has 0 radical (unpaired) electrons. The first kappa shape index (κ1) is 18.6. The number of aldehydes is 1. The van der Waals surface area contributed by atoms with Gasteiger partial charge in [0.1, 0.15) is 21.8 Å². The fraction of sp³-hybridized carbons (Fsp3) is 0.333. The maximum absolute atomic E-state index is 12.6. The van der Waals surface area contributed by atoms with Crippen LogP contribution in [0.2, 0.25) is 0 Å². The van der Waals surface area contributed by atoms with Gasteiger partial charge in [0.15, 0.2) is 4.33 Å². The van der Waals surface area contributed by atoms with Crippen LogP contribution in [0.3, 0.4) is 0 Å². The Bertz CT molecular complexity index is 759. The normalized spacial score (nSPS) is 33.7. The van der Waals surface area contributed by atoms with Gasteiger partial charge in [0.2, 0.25) is 0 Å². The van der Waals surface area contributed by atoms with Gasteiger partial charge in [-0.1, -0.05) is 46.4 Å². The van der Waals surface area contributed by atoms with Crippen molar-refractivity contribution in [2.75, 3.05) is 0 Å². The fourth-order valence-corrected chi connectivity index (χ4v) is 5.71. The topological polar surface area (TPSA) is 43.4 Å². The molecule has 2 aliphatic rings. The minimum atomic E-state index is -1.78. The summed E-state index contributed by atoms with van der Waals surface area (Å²) < 4.78 is 3.52. The summed E-state index contributed by atoms with van der Waals surface area (Å²) in [6, 6.07) is 5.97. The average Bonchev–Trinajstić information content (AvgIpc) is 2.77. The van der Waals surface area contributed by atoms with E-state index >= 15 is 0 Å². The van der Waals surface area contributed by atoms with E-state index in [0.717, 1.165) is 0 Å². The number of fused-ring (bicyclic) bond motifs is 2. The lowest BCUT2D eigenvalue weighted by Gasteiger charge is -2.32. The van der Waals surface area contributed by atoms with Crippen molar-refractivity contribution in [3.8, 4) is 5.75 Å². The summed E-state index contributed by atoms with van der Waals surface area (Å²) in [5.41, 5.74) is 0.446. The zero-order chi connectivity index (χ0) is 17.9. The van der Waals surface area contributed by atoms with Gasteiger partial charge in [-0.15, -0.1) is 23.2 Å². The van der Waals surface area contributed by atoms with E-state index in [1.54, 1.807) is 0 Å². The number of carbonyl (C=O) groups excluding carboxylic acids is 2. The summed E-state index contributed by atoms with van der Waals surface area (Å²) in [7, 11) is 0. The Kier molecular flexibility index (Phi) is 4.61. The summed E-state index contributed by atoms with van der Waals surface area (Å²) in [6.07, 6.45) is 0.653. The van der Waals surface area contributed by atoms with E-state index in [2.05, 4.69) is 0 Å². The molecule has 1 aromatic rings. The molecule has 0 N–H and O–H groups in total. The van der Waals surface area contributed by atoms with Crippen molar-refractivity contribution in [2.45, 2.75) is 20.5 Å². The highest BCUT2D eigenvalue weighted by molar-refractivity contribution is 6.66. The van der Waals surface area contributed by atoms with Crippen LogP contribution in [-0.2, 0) is 4.79 Å². The van der Waals surface area contributed by atoms with E-state index in [4.69, 9.17) is 74.3 Å². The van der Waals surface area contributed by atoms with E-state index in [1.807, 2.05) is 0 Å². The number of hydrogen-bond acceptors (Lipinski definition) is 3. The molecule has 9 heteroatoms. The second kappa shape index (κ2) is 5.94. The average molecular weight is 449 g/mol. The molecule has 1 fully saturated rings. The number of rotatable bonds is 3. The van der Waals surface area contributed by atoms with Crippen molar-refractivity contribution >= 4 is 81.9 Å². The highest BCUT2D eigenvalue weighted by atomic mass is 35.5. The maximum Gasteiger partial charge on any atom is 0.316 e. The van der Waals surface area contributed by atoms with Crippen LogP contribution in [0.1, 0.15) is 16.8 Å². The quantitative estimate of drug-likeness (QED) is 0.274. The van der Waals surface area contributed by atoms with E-state index < -0.39 is 26.0 Å². The number of halogens is 6. The van der Waals surface area contributed by atoms with Gasteiger partial charge in [0.05, 0.1) is 16.0 Å². The van der Waals surface area contributed by atoms with E-state index in [9.17, 15) is 9.59 Å². The third-order valence-corrected chi connectivity index (χ3v) is 8.58. The van der Waals surface area contributed by atoms with Crippen molar-refractivity contribution < 1.29 is 14.3 Å². The number of alkyl halides is 4. The zero-order valence-electron chi connectivity index (χ0n) is 11.7. The second-order valence-corrected chi connectivity index (χ2v) is 8.90. The molecule has 2 aliphatic carbocycles. The standard InChI is InChI=1S/C15H8Cl6O3/c16-10-11(17)14(19)9(5-13(10,18)15(14,20)21)12(23)24-8-3-1-7(6-22)2-4-8/h1-4,6,9H,5H2/t9-,13-,14+/m1/s1. The van der Waals surface area contributed by atoms with Gasteiger partial charge < -0.3 is 4.74 Å². The largest absolute Gasteiger partial charge is 0.426 e. The van der Waals surface area contributed by atoms with Crippen LogP contribution in [0.15, 0.2) is 34.3 Å². The summed E-state index contributed by atoms with van der Waals surface area (Å²) in [5.74, 6) is -1.45. The maximum atomic E-state index is 12.6. The lowest BCUT2D eigenvalue weighted by molar-refractivity contribution is -0.139. The van der Waals surface area contributed by atoms with Gasteiger partial charge in [-0.25, -0.2) is 0 Å². The molecule has 128 valence electrons. The first-order valence-electron chi connectivity index (χ1n) is 6.68. The molecule has 0 unspecified atom stereocenters. The minimum absolute atomic E-state index is 0.0225. The van der Waals surface area contributed by atoms with Crippen LogP contribution in [-0.4, -0.2) is 26.3 Å². The van der Waals surface area contributed by atoms with Crippen LogP contribution < -0.4 is 4.74 Å². The van der Waals surface area contributed by atoms with Crippen LogP contribution in [0, 0.1) is 5.92 Å². The Morgan fingerprint density at radius 3 is 2.12 bits per heavy atom. The number of allylic oxidation sites excluding steroid dienone is 2. The Hall–Kier alpha value is -0.160. The molecular formula is C15H8Cl6O3. The summed E-state index contributed by atoms with van der Waals surface area (Å²) in [4.78, 5) is 20.1. The van der Waals surface area contributed by atoms with Crippen LogP contribution in [0.4, 0.5) is 0 Å². The summed E-state index contributed by atoms with van der Waals surface area (Å²) in [5, 5.41) is -0.0273. The van der Waals surface area contributed by atoms with Crippen LogP contribution in [0.25, 0.3) is 0 Å². The van der Waals surface area contributed by atoms with Crippen molar-refractivity contribution in [2.24, 2.45) is 5.92 Å². The Morgan fingerprint density at radius 2 is 1.67 bits per heavy atom. The molecule has 0 aliphatic heterocycles. The predicted octanol–water partition coefficient (Wildman–Crippen LogP) is 5.26. The lowest BCUT2D eigenvalue weighted by atomic mass is 9.92. The van der Waals surface area contributed by atoms with Crippen molar-refractivity contribution in [1.82, 2.24) is 0 Å². The summed E-state index contributed by atoms with van der Waals surface area (Å²) in [6.45, 7) is 0. The monoisotopic (exact) mass is 446 g/mol. The summed E-state index contributed by atoms with van der Waals surface area (Å²) >= 11 is 37.9. The molecule has 0 amide bonds. The molecule has 0 aromatic heterocycles. The van der Waals surface area contributed by atoms with Gasteiger partial charge in [0, 0.05) is 5.56 Å². The number of ether oxygens (including phenoxy) is 1. The second-order valence-electron chi connectivity index (χ2n) is 5.58. The highest BCUT2D eigenvalue weighted by Gasteiger charge is 2.80. The third-order valence-electron chi connectivity index (χ3n) is 4.30. The zero-order valence-corrected chi connectivity index (χ0v) is 16.2. The van der Waals surface area contributed by atoms with E-state index in [-0.39, 0.29) is 22.2 Å². The number of esters is 1. The Balaban J connectivity index is 1.91. The van der Waals surface area contributed by atoms with Crippen molar-refractivity contribution in [1.29, 1.82) is 0 Å². The van der Waals surface area contributed by atoms with E-state index in [1.165, 1.54) is 24.3 Å². The SMILES string of the molecule is O=Cc1ccc(OC(=O)[C@H]2C[C@@]3(Cl)C(Cl)=C(Cl)[C@]2(Cl)C3(Cl)Cl)cc1. The molecule has 0 spiro atoms. The van der Waals surface area contributed by atoms with Crippen molar-refractivity contribution in [3.05, 3.63) is 39.9 Å². The van der Waals surface area contributed by atoms with Gasteiger partial charge in [-0.3, -0.25) is 9.59 Å². The predicted molar refractivity (Wildman–Crippen MR) is 95.9 cm³/mol. The molecule has 1 aromatic carbocycles. The number of hydrogen-bond donors (Lipinski definition) is 0.